The van der Waals surface area contributed by atoms with Crippen molar-refractivity contribution < 1.29 is 0 Å². The van der Waals surface area contributed by atoms with Crippen LogP contribution in [-0.2, 0) is 6.42 Å². The van der Waals surface area contributed by atoms with Crippen molar-refractivity contribution in [2.24, 2.45) is 0 Å². The first kappa shape index (κ1) is 17.4. The van der Waals surface area contributed by atoms with Crippen LogP contribution in [0, 0.1) is 0 Å². The topological polar surface area (TPSA) is 12.0 Å². The van der Waals surface area contributed by atoms with Crippen molar-refractivity contribution >= 4 is 5.69 Å². The number of aryl methyl sites for hydroxylation is 1. The zero-order valence-corrected chi connectivity index (χ0v) is 14.6. The minimum atomic E-state index is 0.701. The second-order valence-electron chi connectivity index (χ2n) is 7.05. The molecular formula is C21H35N. The van der Waals surface area contributed by atoms with E-state index in [-0.39, 0.29) is 0 Å². The number of rotatable bonds is 9. The molecule has 1 aliphatic carbocycles. The van der Waals surface area contributed by atoms with E-state index in [2.05, 4.69) is 36.5 Å². The molecule has 0 radical (unpaired) electrons. The molecule has 1 aromatic carbocycles. The fourth-order valence-corrected chi connectivity index (χ4v) is 3.54. The minimum absolute atomic E-state index is 0.701. The average molecular weight is 302 g/mol. The summed E-state index contributed by atoms with van der Waals surface area (Å²) in [6, 6.07) is 9.93. The number of hydrogen-bond donors (Lipinski definition) is 1. The number of benzene rings is 1. The van der Waals surface area contributed by atoms with Gasteiger partial charge in [0.2, 0.25) is 0 Å². The SMILES string of the molecule is CCCCCCCCc1ccc(NC2CCCCCC2)cc1. The Labute approximate surface area is 137 Å². The monoisotopic (exact) mass is 301 g/mol. The zero-order valence-electron chi connectivity index (χ0n) is 14.6. The molecule has 1 fully saturated rings. The van der Waals surface area contributed by atoms with Crippen LogP contribution in [0.2, 0.25) is 0 Å². The van der Waals surface area contributed by atoms with Gasteiger partial charge in [-0.15, -0.1) is 0 Å². The van der Waals surface area contributed by atoms with Crippen molar-refractivity contribution in [3.05, 3.63) is 29.8 Å². The lowest BCUT2D eigenvalue weighted by Gasteiger charge is -2.17. The van der Waals surface area contributed by atoms with Gasteiger partial charge in [0, 0.05) is 11.7 Å². The van der Waals surface area contributed by atoms with Crippen LogP contribution in [0.4, 0.5) is 5.69 Å². The predicted molar refractivity (Wildman–Crippen MR) is 98.6 cm³/mol. The highest BCUT2D eigenvalue weighted by Gasteiger charge is 2.11. The molecule has 0 unspecified atom stereocenters. The van der Waals surface area contributed by atoms with Crippen LogP contribution < -0.4 is 5.32 Å². The van der Waals surface area contributed by atoms with Crippen molar-refractivity contribution in [1.29, 1.82) is 0 Å². The third kappa shape index (κ3) is 6.85. The first-order valence-corrected chi connectivity index (χ1v) is 9.74. The highest BCUT2D eigenvalue weighted by molar-refractivity contribution is 5.45. The van der Waals surface area contributed by atoms with E-state index in [1.54, 1.807) is 0 Å². The summed E-state index contributed by atoms with van der Waals surface area (Å²) in [5.41, 5.74) is 2.82. The summed E-state index contributed by atoms with van der Waals surface area (Å²) in [6.45, 7) is 2.28. The molecule has 124 valence electrons. The Balaban J connectivity index is 1.66. The molecule has 1 aliphatic rings. The van der Waals surface area contributed by atoms with Gasteiger partial charge in [-0.2, -0.15) is 0 Å². The molecule has 1 heteroatoms. The second kappa shape index (κ2) is 10.7. The van der Waals surface area contributed by atoms with Gasteiger partial charge in [-0.1, -0.05) is 76.8 Å². The van der Waals surface area contributed by atoms with Crippen LogP contribution in [0.25, 0.3) is 0 Å². The molecule has 22 heavy (non-hydrogen) atoms. The first-order valence-electron chi connectivity index (χ1n) is 9.74. The molecule has 1 aromatic rings. The van der Waals surface area contributed by atoms with Crippen molar-refractivity contribution in [1.82, 2.24) is 0 Å². The van der Waals surface area contributed by atoms with Crippen LogP contribution in [-0.4, -0.2) is 6.04 Å². The molecule has 0 bridgehead atoms. The maximum Gasteiger partial charge on any atom is 0.0342 e. The van der Waals surface area contributed by atoms with Crippen LogP contribution in [0.15, 0.2) is 24.3 Å². The van der Waals surface area contributed by atoms with E-state index >= 15 is 0 Å². The standard InChI is InChI=1S/C21H35N/c1-2-3-4-5-6-9-12-19-15-17-21(18-16-19)22-20-13-10-7-8-11-14-20/h15-18,20,22H,2-14H2,1H3. The van der Waals surface area contributed by atoms with Crippen LogP contribution in [0.3, 0.4) is 0 Å². The van der Waals surface area contributed by atoms with Crippen molar-refractivity contribution in [2.75, 3.05) is 5.32 Å². The molecule has 0 saturated heterocycles. The van der Waals surface area contributed by atoms with Crippen LogP contribution in [0.5, 0.6) is 0 Å². The normalized spacial score (nSPS) is 16.4. The fourth-order valence-electron chi connectivity index (χ4n) is 3.54. The fraction of sp³-hybridized carbons (Fsp3) is 0.714. The van der Waals surface area contributed by atoms with Gasteiger partial charge in [0.1, 0.15) is 0 Å². The van der Waals surface area contributed by atoms with Crippen molar-refractivity contribution in [3.8, 4) is 0 Å². The number of hydrogen-bond acceptors (Lipinski definition) is 1. The summed E-state index contributed by atoms with van der Waals surface area (Å²) >= 11 is 0. The van der Waals surface area contributed by atoms with Gasteiger partial charge in [-0.25, -0.2) is 0 Å². The van der Waals surface area contributed by atoms with E-state index in [1.165, 1.54) is 94.7 Å². The van der Waals surface area contributed by atoms with E-state index in [4.69, 9.17) is 0 Å². The van der Waals surface area contributed by atoms with Crippen molar-refractivity contribution in [2.45, 2.75) is 96.4 Å². The molecule has 0 spiro atoms. The Hall–Kier alpha value is -0.980. The number of unbranched alkanes of at least 4 members (excludes halogenated alkanes) is 5. The van der Waals surface area contributed by atoms with Gasteiger partial charge in [0.15, 0.2) is 0 Å². The van der Waals surface area contributed by atoms with E-state index in [9.17, 15) is 0 Å². The van der Waals surface area contributed by atoms with Gasteiger partial charge in [-0.05, 0) is 43.4 Å². The molecule has 2 rings (SSSR count). The Kier molecular flexibility index (Phi) is 8.45. The summed E-state index contributed by atoms with van der Waals surface area (Å²) in [7, 11) is 0. The van der Waals surface area contributed by atoms with Gasteiger partial charge < -0.3 is 5.32 Å². The lowest BCUT2D eigenvalue weighted by molar-refractivity contribution is 0.607. The molecular weight excluding hydrogens is 266 g/mol. The Morgan fingerprint density at radius 2 is 1.45 bits per heavy atom. The zero-order chi connectivity index (χ0) is 15.5. The van der Waals surface area contributed by atoms with E-state index in [0.717, 1.165) is 0 Å². The third-order valence-electron chi connectivity index (χ3n) is 5.00. The molecule has 0 heterocycles. The summed E-state index contributed by atoms with van der Waals surface area (Å²) < 4.78 is 0. The highest BCUT2D eigenvalue weighted by atomic mass is 14.9. The molecule has 0 aromatic heterocycles. The van der Waals surface area contributed by atoms with Crippen molar-refractivity contribution in [3.63, 3.8) is 0 Å². The van der Waals surface area contributed by atoms with Gasteiger partial charge in [-0.3, -0.25) is 0 Å². The predicted octanol–water partition coefficient (Wildman–Crippen LogP) is 6.72. The number of anilines is 1. The molecule has 0 amide bonds. The van der Waals surface area contributed by atoms with E-state index in [1.807, 2.05) is 0 Å². The highest BCUT2D eigenvalue weighted by Crippen LogP contribution is 2.21. The minimum Gasteiger partial charge on any atom is -0.382 e. The summed E-state index contributed by atoms with van der Waals surface area (Å²) in [5.74, 6) is 0. The summed E-state index contributed by atoms with van der Waals surface area (Å²) in [5, 5.41) is 3.74. The van der Waals surface area contributed by atoms with Gasteiger partial charge in [0.25, 0.3) is 0 Å². The van der Waals surface area contributed by atoms with Crippen LogP contribution in [0.1, 0.15) is 89.5 Å². The quantitative estimate of drug-likeness (QED) is 0.394. The Morgan fingerprint density at radius 1 is 0.818 bits per heavy atom. The maximum atomic E-state index is 3.74. The summed E-state index contributed by atoms with van der Waals surface area (Å²) in [6.07, 6.45) is 17.9. The summed E-state index contributed by atoms with van der Waals surface area (Å²) in [4.78, 5) is 0. The average Bonchev–Trinajstić information content (AvgIpc) is 2.81. The molecule has 1 saturated carbocycles. The van der Waals surface area contributed by atoms with Gasteiger partial charge >= 0.3 is 0 Å². The van der Waals surface area contributed by atoms with Gasteiger partial charge in [0.05, 0.1) is 0 Å². The first-order chi connectivity index (χ1) is 10.9. The maximum absolute atomic E-state index is 3.74. The third-order valence-corrected chi connectivity index (χ3v) is 5.00. The molecule has 1 nitrogen and oxygen atoms in total. The molecule has 0 atom stereocenters. The Morgan fingerprint density at radius 3 is 2.14 bits per heavy atom. The molecule has 1 N–H and O–H groups in total. The number of nitrogens with one attached hydrogen (secondary N) is 1. The second-order valence-corrected chi connectivity index (χ2v) is 7.05. The molecule has 0 aliphatic heterocycles. The smallest absolute Gasteiger partial charge is 0.0342 e. The largest absolute Gasteiger partial charge is 0.382 e. The van der Waals surface area contributed by atoms with E-state index in [0.29, 0.717) is 6.04 Å². The lowest BCUT2D eigenvalue weighted by Crippen LogP contribution is -2.18. The van der Waals surface area contributed by atoms with Crippen LogP contribution >= 0.6 is 0 Å². The lowest BCUT2D eigenvalue weighted by atomic mass is 10.0. The van der Waals surface area contributed by atoms with E-state index < -0.39 is 0 Å². The Bertz CT molecular complexity index is 373.